The number of nitrogens with one attached hydrogen (secondary N) is 2. The summed E-state index contributed by atoms with van der Waals surface area (Å²) in [5.74, 6) is 0.821. The monoisotopic (exact) mass is 208 g/mol. The Morgan fingerprint density at radius 3 is 3.27 bits per heavy atom. The number of hydrogen-bond donors (Lipinski definition) is 2. The van der Waals surface area contributed by atoms with E-state index in [9.17, 15) is 0 Å². The summed E-state index contributed by atoms with van der Waals surface area (Å²) >= 11 is 0. The highest BCUT2D eigenvalue weighted by molar-refractivity contribution is 5.29. The third-order valence-corrected chi connectivity index (χ3v) is 2.34. The molecule has 0 amide bonds. The van der Waals surface area contributed by atoms with Gasteiger partial charge in [0, 0.05) is 32.0 Å². The zero-order valence-electron chi connectivity index (χ0n) is 8.65. The third-order valence-electron chi connectivity index (χ3n) is 2.34. The van der Waals surface area contributed by atoms with Crippen LogP contribution in [0, 0.1) is 0 Å². The quantitative estimate of drug-likeness (QED) is 0.743. The van der Waals surface area contributed by atoms with Crippen LogP contribution in [0.5, 0.6) is 0 Å². The van der Waals surface area contributed by atoms with Gasteiger partial charge in [0.1, 0.15) is 5.82 Å². The molecular formula is C10H16N4O. The largest absolute Gasteiger partial charge is 0.376 e. The second-order valence-corrected chi connectivity index (χ2v) is 3.50. The zero-order chi connectivity index (χ0) is 10.3. The molecule has 15 heavy (non-hydrogen) atoms. The van der Waals surface area contributed by atoms with E-state index in [1.54, 1.807) is 18.6 Å². The van der Waals surface area contributed by atoms with Gasteiger partial charge in [0.05, 0.1) is 18.9 Å². The highest BCUT2D eigenvalue weighted by Crippen LogP contribution is 2.03. The zero-order valence-corrected chi connectivity index (χ0v) is 8.65. The van der Waals surface area contributed by atoms with E-state index in [0.717, 1.165) is 38.5 Å². The Morgan fingerprint density at radius 2 is 2.53 bits per heavy atom. The van der Waals surface area contributed by atoms with Crippen molar-refractivity contribution >= 4 is 5.82 Å². The molecule has 1 fully saturated rings. The van der Waals surface area contributed by atoms with Crippen molar-refractivity contribution in [3.63, 3.8) is 0 Å². The van der Waals surface area contributed by atoms with Gasteiger partial charge in [-0.15, -0.1) is 0 Å². The van der Waals surface area contributed by atoms with Gasteiger partial charge in [0.2, 0.25) is 0 Å². The molecule has 1 unspecified atom stereocenters. The maximum atomic E-state index is 5.58. The van der Waals surface area contributed by atoms with Gasteiger partial charge in [-0.3, -0.25) is 4.98 Å². The van der Waals surface area contributed by atoms with E-state index < -0.39 is 0 Å². The van der Waals surface area contributed by atoms with E-state index >= 15 is 0 Å². The Morgan fingerprint density at radius 1 is 1.53 bits per heavy atom. The molecule has 2 heterocycles. The molecule has 0 aliphatic carbocycles. The lowest BCUT2D eigenvalue weighted by Gasteiger charge is -2.23. The second kappa shape index (κ2) is 5.63. The second-order valence-electron chi connectivity index (χ2n) is 3.50. The summed E-state index contributed by atoms with van der Waals surface area (Å²) in [6.45, 7) is 3.59. The minimum Gasteiger partial charge on any atom is -0.376 e. The number of anilines is 1. The Balaban J connectivity index is 1.66. The predicted molar refractivity (Wildman–Crippen MR) is 57.7 cm³/mol. The van der Waals surface area contributed by atoms with Crippen LogP contribution in [-0.4, -0.2) is 42.3 Å². The van der Waals surface area contributed by atoms with E-state index in [1.165, 1.54) is 0 Å². The first-order valence-electron chi connectivity index (χ1n) is 5.27. The fourth-order valence-corrected chi connectivity index (χ4v) is 1.56. The van der Waals surface area contributed by atoms with Gasteiger partial charge in [-0.25, -0.2) is 4.98 Å². The Kier molecular flexibility index (Phi) is 3.87. The van der Waals surface area contributed by atoms with Crippen LogP contribution in [0.3, 0.4) is 0 Å². The minimum absolute atomic E-state index is 0.322. The van der Waals surface area contributed by atoms with Crippen LogP contribution >= 0.6 is 0 Å². The Hall–Kier alpha value is -1.20. The van der Waals surface area contributed by atoms with Crippen molar-refractivity contribution in [1.82, 2.24) is 15.3 Å². The lowest BCUT2D eigenvalue weighted by molar-refractivity contribution is 0.0258. The van der Waals surface area contributed by atoms with E-state index in [1.807, 2.05) is 0 Å². The number of hydrogen-bond acceptors (Lipinski definition) is 5. The van der Waals surface area contributed by atoms with Crippen molar-refractivity contribution in [3.8, 4) is 0 Å². The summed E-state index contributed by atoms with van der Waals surface area (Å²) in [6.07, 6.45) is 6.38. The molecule has 0 radical (unpaired) electrons. The summed E-state index contributed by atoms with van der Waals surface area (Å²) in [6, 6.07) is 0. The van der Waals surface area contributed by atoms with Crippen LogP contribution < -0.4 is 10.6 Å². The van der Waals surface area contributed by atoms with E-state index in [0.29, 0.717) is 6.10 Å². The third kappa shape index (κ3) is 3.45. The van der Waals surface area contributed by atoms with Crippen LogP contribution in [0.25, 0.3) is 0 Å². The Bertz CT molecular complexity index is 274. The van der Waals surface area contributed by atoms with Crippen molar-refractivity contribution in [2.24, 2.45) is 0 Å². The molecule has 1 aromatic heterocycles. The molecule has 2 N–H and O–H groups in total. The van der Waals surface area contributed by atoms with Crippen LogP contribution in [0.1, 0.15) is 6.42 Å². The van der Waals surface area contributed by atoms with E-state index in [-0.39, 0.29) is 0 Å². The topological polar surface area (TPSA) is 59.1 Å². The van der Waals surface area contributed by atoms with Crippen LogP contribution in [0.4, 0.5) is 5.82 Å². The van der Waals surface area contributed by atoms with Crippen LogP contribution in [0.2, 0.25) is 0 Å². The first-order chi connectivity index (χ1) is 7.45. The van der Waals surface area contributed by atoms with Gasteiger partial charge >= 0.3 is 0 Å². The molecule has 0 aromatic carbocycles. The summed E-state index contributed by atoms with van der Waals surface area (Å²) < 4.78 is 5.58. The molecule has 5 heteroatoms. The molecular weight excluding hydrogens is 192 g/mol. The molecule has 0 bridgehead atoms. The first-order valence-corrected chi connectivity index (χ1v) is 5.27. The normalized spacial score (nSPS) is 21.2. The predicted octanol–water partition coefficient (Wildman–Crippen LogP) is 0.267. The lowest BCUT2D eigenvalue weighted by Crippen LogP contribution is -2.39. The molecule has 1 aromatic rings. The molecule has 5 nitrogen and oxygen atoms in total. The highest BCUT2D eigenvalue weighted by Gasteiger charge is 2.12. The average Bonchev–Trinajstić information content (AvgIpc) is 2.32. The summed E-state index contributed by atoms with van der Waals surface area (Å²) in [4.78, 5) is 8.11. The average molecular weight is 208 g/mol. The van der Waals surface area contributed by atoms with Crippen molar-refractivity contribution in [2.75, 3.05) is 31.6 Å². The number of morpholine rings is 1. The van der Waals surface area contributed by atoms with Crippen molar-refractivity contribution in [1.29, 1.82) is 0 Å². The van der Waals surface area contributed by atoms with Crippen LogP contribution in [0.15, 0.2) is 18.6 Å². The van der Waals surface area contributed by atoms with Gasteiger partial charge in [-0.1, -0.05) is 0 Å². The standard InChI is InChI=1S/C10H16N4O/c1(9-7-12-5-6-15-9)2-13-10-8-11-3-4-14-10/h3-4,8-9,12H,1-2,5-7H2,(H,13,14). The molecule has 0 spiro atoms. The summed E-state index contributed by atoms with van der Waals surface area (Å²) in [7, 11) is 0. The summed E-state index contributed by atoms with van der Waals surface area (Å²) in [5.41, 5.74) is 0. The minimum atomic E-state index is 0.322. The Labute approximate surface area is 89.3 Å². The fraction of sp³-hybridized carbons (Fsp3) is 0.600. The molecule has 0 saturated carbocycles. The van der Waals surface area contributed by atoms with Gasteiger partial charge in [-0.2, -0.15) is 0 Å². The molecule has 1 saturated heterocycles. The molecule has 82 valence electrons. The van der Waals surface area contributed by atoms with Crippen molar-refractivity contribution in [2.45, 2.75) is 12.5 Å². The molecule has 1 aliphatic rings. The maximum Gasteiger partial charge on any atom is 0.144 e. The van der Waals surface area contributed by atoms with Gasteiger partial charge in [0.15, 0.2) is 0 Å². The van der Waals surface area contributed by atoms with E-state index in [2.05, 4.69) is 20.6 Å². The smallest absolute Gasteiger partial charge is 0.144 e. The number of nitrogens with zero attached hydrogens (tertiary/aromatic N) is 2. The van der Waals surface area contributed by atoms with Gasteiger partial charge < -0.3 is 15.4 Å². The first kappa shape index (κ1) is 10.3. The van der Waals surface area contributed by atoms with Gasteiger partial charge in [0.25, 0.3) is 0 Å². The van der Waals surface area contributed by atoms with Gasteiger partial charge in [-0.05, 0) is 6.42 Å². The lowest BCUT2D eigenvalue weighted by atomic mass is 10.2. The molecule has 1 atom stereocenters. The SMILES string of the molecule is c1cnc(NCCC2CNCCO2)cn1. The van der Waals surface area contributed by atoms with Crippen molar-refractivity contribution < 1.29 is 4.74 Å². The molecule has 2 rings (SSSR count). The van der Waals surface area contributed by atoms with Crippen LogP contribution in [-0.2, 0) is 4.74 Å². The fourth-order valence-electron chi connectivity index (χ4n) is 1.56. The number of aromatic nitrogens is 2. The number of ether oxygens (including phenoxy) is 1. The van der Waals surface area contributed by atoms with Crippen molar-refractivity contribution in [3.05, 3.63) is 18.6 Å². The van der Waals surface area contributed by atoms with E-state index in [4.69, 9.17) is 4.74 Å². The summed E-state index contributed by atoms with van der Waals surface area (Å²) in [5, 5.41) is 6.51. The maximum absolute atomic E-state index is 5.58. The highest BCUT2D eigenvalue weighted by atomic mass is 16.5. The number of rotatable bonds is 4. The molecule has 1 aliphatic heterocycles.